The summed E-state index contributed by atoms with van der Waals surface area (Å²) >= 11 is 1.02. The van der Waals surface area contributed by atoms with Gasteiger partial charge in [-0.05, 0) is 19.1 Å². The summed E-state index contributed by atoms with van der Waals surface area (Å²) in [4.78, 5) is 16.7. The van der Waals surface area contributed by atoms with Gasteiger partial charge >= 0.3 is 6.18 Å². The van der Waals surface area contributed by atoms with Gasteiger partial charge in [0.15, 0.2) is 11.0 Å². The van der Waals surface area contributed by atoms with Gasteiger partial charge in [-0.25, -0.2) is 4.98 Å². The lowest BCUT2D eigenvalue weighted by Crippen LogP contribution is -2.34. The molecule has 1 amide bonds. The number of pyridine rings is 1. The second-order valence-electron chi connectivity index (χ2n) is 7.82. The molecule has 0 unspecified atom stereocenters. The fraction of sp³-hybridized carbons (Fsp3) is 0.200. The number of aromatic nitrogens is 4. The molecule has 4 aromatic rings. The fourth-order valence-corrected chi connectivity index (χ4v) is 4.28. The molecule has 2 aromatic carbocycles. The zero-order valence-electron chi connectivity index (χ0n) is 18.8. The summed E-state index contributed by atoms with van der Waals surface area (Å²) in [7, 11) is 0. The molecular formula is C25H22F3N5OS. The first-order valence-corrected chi connectivity index (χ1v) is 11.7. The number of hydrogen-bond acceptors (Lipinski definition) is 5. The molecule has 0 saturated heterocycles. The monoisotopic (exact) mass is 497 g/mol. The smallest absolute Gasteiger partial charge is 0.346 e. The van der Waals surface area contributed by atoms with Crippen molar-refractivity contribution in [2.75, 3.05) is 12.3 Å². The van der Waals surface area contributed by atoms with Gasteiger partial charge in [0.05, 0.1) is 17.0 Å². The second-order valence-corrected chi connectivity index (χ2v) is 8.77. The van der Waals surface area contributed by atoms with E-state index in [2.05, 4.69) is 16.8 Å². The number of benzene rings is 2. The maximum absolute atomic E-state index is 12.4. The van der Waals surface area contributed by atoms with Crippen LogP contribution in [-0.2, 0) is 11.3 Å². The molecule has 0 aliphatic carbocycles. The van der Waals surface area contributed by atoms with Crippen LogP contribution in [0.1, 0.15) is 5.56 Å². The molecule has 2 heterocycles. The van der Waals surface area contributed by atoms with E-state index in [1.165, 1.54) is 0 Å². The van der Waals surface area contributed by atoms with Gasteiger partial charge in [0, 0.05) is 23.1 Å². The predicted molar refractivity (Wildman–Crippen MR) is 131 cm³/mol. The number of carbonyl (C=O) groups is 1. The van der Waals surface area contributed by atoms with Crippen LogP contribution in [0, 0.1) is 6.92 Å². The maximum atomic E-state index is 12.4. The number of hydrogen-bond donors (Lipinski definition) is 1. The predicted octanol–water partition coefficient (Wildman–Crippen LogP) is 5.43. The number of aryl methyl sites for hydroxylation is 1. The number of carbonyl (C=O) groups excluding carboxylic acids is 1. The standard InChI is InChI=1S/C25H22F3N5OS/c1-3-12-33-23(31-32-24(33)35-14-22(34)29-15-25(26,27)28)19-13-21(17-10-8-16(2)9-11-17)30-20-7-5-4-6-18(19)20/h3-11,13H,1,12,14-15H2,2H3,(H,29,34). The van der Waals surface area contributed by atoms with Gasteiger partial charge in [0.2, 0.25) is 5.91 Å². The number of halogens is 3. The van der Waals surface area contributed by atoms with Gasteiger partial charge in [0.1, 0.15) is 6.54 Å². The highest BCUT2D eigenvalue weighted by atomic mass is 32.2. The van der Waals surface area contributed by atoms with Gasteiger partial charge in [0.25, 0.3) is 0 Å². The Labute approximate surface area is 204 Å². The summed E-state index contributed by atoms with van der Waals surface area (Å²) in [5, 5.41) is 11.7. The van der Waals surface area contributed by atoms with E-state index >= 15 is 0 Å². The lowest BCUT2D eigenvalue weighted by atomic mass is 10.0. The summed E-state index contributed by atoms with van der Waals surface area (Å²) in [6.07, 6.45) is -2.79. The van der Waals surface area contributed by atoms with E-state index in [-0.39, 0.29) is 5.75 Å². The number of alkyl halides is 3. The number of fused-ring (bicyclic) bond motifs is 1. The van der Waals surface area contributed by atoms with Gasteiger partial charge in [-0.15, -0.1) is 16.8 Å². The van der Waals surface area contributed by atoms with Crippen LogP contribution in [0.15, 0.2) is 72.4 Å². The molecule has 2 aromatic heterocycles. The van der Waals surface area contributed by atoms with Crippen LogP contribution in [0.2, 0.25) is 0 Å². The van der Waals surface area contributed by atoms with Crippen LogP contribution < -0.4 is 5.32 Å². The van der Waals surface area contributed by atoms with Gasteiger partial charge in [-0.1, -0.05) is 65.9 Å². The third kappa shape index (κ3) is 5.89. The Hall–Kier alpha value is -3.66. The molecule has 0 bridgehead atoms. The number of amides is 1. The van der Waals surface area contributed by atoms with Crippen molar-refractivity contribution in [1.29, 1.82) is 0 Å². The first-order valence-electron chi connectivity index (χ1n) is 10.7. The lowest BCUT2D eigenvalue weighted by Gasteiger charge is -2.12. The number of allylic oxidation sites excluding steroid dienone is 1. The molecule has 0 radical (unpaired) electrons. The zero-order chi connectivity index (χ0) is 25.0. The van der Waals surface area contributed by atoms with Crippen molar-refractivity contribution in [1.82, 2.24) is 25.1 Å². The molecule has 0 saturated carbocycles. The minimum atomic E-state index is -4.46. The van der Waals surface area contributed by atoms with Gasteiger partial charge < -0.3 is 5.32 Å². The Morgan fingerprint density at radius 3 is 2.60 bits per heavy atom. The summed E-state index contributed by atoms with van der Waals surface area (Å²) in [5.41, 5.74) is 4.45. The second kappa shape index (κ2) is 10.3. The van der Waals surface area contributed by atoms with E-state index in [0.29, 0.717) is 17.5 Å². The molecule has 1 N–H and O–H groups in total. The van der Waals surface area contributed by atoms with Crippen molar-refractivity contribution in [2.24, 2.45) is 0 Å². The van der Waals surface area contributed by atoms with Crippen molar-refractivity contribution in [3.63, 3.8) is 0 Å². The SMILES string of the molecule is C=CCn1c(SCC(=O)NCC(F)(F)F)nnc1-c1cc(-c2ccc(C)cc2)nc2ccccc12. The summed E-state index contributed by atoms with van der Waals surface area (Å²) in [5.74, 6) is -0.412. The van der Waals surface area contributed by atoms with E-state index in [0.717, 1.165) is 45.0 Å². The highest BCUT2D eigenvalue weighted by Crippen LogP contribution is 2.33. The normalized spacial score (nSPS) is 11.5. The van der Waals surface area contributed by atoms with Gasteiger partial charge in [-0.3, -0.25) is 9.36 Å². The molecule has 0 fully saturated rings. The number of nitrogens with zero attached hydrogens (tertiary/aromatic N) is 4. The van der Waals surface area contributed by atoms with Crippen LogP contribution in [0.3, 0.4) is 0 Å². The van der Waals surface area contributed by atoms with Crippen LogP contribution in [0.25, 0.3) is 33.5 Å². The molecule has 0 aliphatic rings. The third-order valence-corrected chi connectivity index (χ3v) is 6.12. The largest absolute Gasteiger partial charge is 0.405 e. The summed E-state index contributed by atoms with van der Waals surface area (Å²) in [6.45, 7) is 4.79. The molecule has 180 valence electrons. The molecule has 6 nitrogen and oxygen atoms in total. The van der Waals surface area contributed by atoms with Crippen molar-refractivity contribution in [3.05, 3.63) is 72.8 Å². The molecular weight excluding hydrogens is 475 g/mol. The molecule has 35 heavy (non-hydrogen) atoms. The summed E-state index contributed by atoms with van der Waals surface area (Å²) in [6, 6.07) is 17.7. The Morgan fingerprint density at radius 2 is 1.89 bits per heavy atom. The number of nitrogens with one attached hydrogen (secondary N) is 1. The van der Waals surface area contributed by atoms with E-state index in [4.69, 9.17) is 4.98 Å². The molecule has 0 aliphatic heterocycles. The van der Waals surface area contributed by atoms with E-state index in [1.54, 1.807) is 10.6 Å². The minimum Gasteiger partial charge on any atom is -0.346 e. The van der Waals surface area contributed by atoms with Crippen molar-refractivity contribution < 1.29 is 18.0 Å². The molecule has 4 rings (SSSR count). The van der Waals surface area contributed by atoms with Crippen molar-refractivity contribution >= 4 is 28.6 Å². The zero-order valence-corrected chi connectivity index (χ0v) is 19.7. The lowest BCUT2D eigenvalue weighted by molar-refractivity contribution is -0.136. The van der Waals surface area contributed by atoms with Crippen LogP contribution >= 0.6 is 11.8 Å². The summed E-state index contributed by atoms with van der Waals surface area (Å²) < 4.78 is 38.9. The highest BCUT2D eigenvalue weighted by Gasteiger charge is 2.28. The molecule has 0 spiro atoms. The van der Waals surface area contributed by atoms with E-state index < -0.39 is 18.6 Å². The fourth-order valence-electron chi connectivity index (χ4n) is 3.50. The van der Waals surface area contributed by atoms with E-state index in [9.17, 15) is 18.0 Å². The minimum absolute atomic E-state index is 0.225. The first-order chi connectivity index (χ1) is 16.7. The number of thioether (sulfide) groups is 1. The maximum Gasteiger partial charge on any atom is 0.405 e. The Kier molecular flexibility index (Phi) is 7.20. The quantitative estimate of drug-likeness (QED) is 0.260. The number of para-hydroxylation sites is 1. The first kappa shape index (κ1) is 24.5. The van der Waals surface area contributed by atoms with Crippen molar-refractivity contribution in [3.8, 4) is 22.6 Å². The average Bonchev–Trinajstić information content (AvgIpc) is 3.23. The Balaban J connectivity index is 1.71. The van der Waals surface area contributed by atoms with Crippen molar-refractivity contribution in [2.45, 2.75) is 24.8 Å². The average molecular weight is 498 g/mol. The number of rotatable bonds is 8. The Bertz CT molecular complexity index is 1370. The van der Waals surface area contributed by atoms with Crippen LogP contribution in [-0.4, -0.2) is 44.1 Å². The Morgan fingerprint density at radius 1 is 1.14 bits per heavy atom. The van der Waals surface area contributed by atoms with Crippen LogP contribution in [0.4, 0.5) is 13.2 Å². The topological polar surface area (TPSA) is 72.7 Å². The highest BCUT2D eigenvalue weighted by molar-refractivity contribution is 7.99. The van der Waals surface area contributed by atoms with E-state index in [1.807, 2.05) is 66.8 Å². The van der Waals surface area contributed by atoms with Gasteiger partial charge in [-0.2, -0.15) is 13.2 Å². The molecule has 10 heteroatoms. The van der Waals surface area contributed by atoms with Crippen LogP contribution in [0.5, 0.6) is 0 Å². The third-order valence-electron chi connectivity index (χ3n) is 5.15. The molecule has 0 atom stereocenters.